The molecule has 1 heterocycles. The molecule has 0 unspecified atom stereocenters. The molecule has 1 aromatic heterocycles. The van der Waals surface area contributed by atoms with E-state index in [-0.39, 0.29) is 5.82 Å². The van der Waals surface area contributed by atoms with Gasteiger partial charge in [0.05, 0.1) is 5.39 Å². The summed E-state index contributed by atoms with van der Waals surface area (Å²) in [6, 6.07) is 6.18. The van der Waals surface area contributed by atoms with E-state index in [1.807, 2.05) is 0 Å². The molecule has 0 fully saturated rings. The lowest BCUT2D eigenvalue weighted by molar-refractivity contribution is -0.671. The second-order valence-corrected chi connectivity index (χ2v) is 3.16. The Morgan fingerprint density at radius 1 is 1.36 bits per heavy atom. The molecule has 0 radical (unpaired) electrons. The molecule has 2 aromatic rings. The fourth-order valence-electron chi connectivity index (χ4n) is 1.51. The molecule has 0 aliphatic heterocycles. The Kier molecular flexibility index (Phi) is 2.00. The zero-order valence-electron chi connectivity index (χ0n) is 7.70. The van der Waals surface area contributed by atoms with Crippen LogP contribution in [0.4, 0.5) is 4.39 Å². The summed E-state index contributed by atoms with van der Waals surface area (Å²) in [5.74, 6) is -0.289. The van der Waals surface area contributed by atoms with Crippen LogP contribution < -0.4 is 4.57 Å². The molecule has 70 valence electrons. The molecule has 0 bridgehead atoms. The zero-order valence-corrected chi connectivity index (χ0v) is 7.70. The highest BCUT2D eigenvalue weighted by Crippen LogP contribution is 2.15. The first-order valence-corrected chi connectivity index (χ1v) is 4.25. The molecule has 0 spiro atoms. The molecule has 0 N–H and O–H groups in total. The number of carbonyl (C=O) groups is 1. The minimum Gasteiger partial charge on any atom is -0.291 e. The van der Waals surface area contributed by atoms with Crippen molar-refractivity contribution in [3.05, 3.63) is 42.0 Å². The van der Waals surface area contributed by atoms with Gasteiger partial charge in [0.2, 0.25) is 6.29 Å². The second kappa shape index (κ2) is 3.18. The van der Waals surface area contributed by atoms with Crippen LogP contribution in [0.1, 0.15) is 10.5 Å². The van der Waals surface area contributed by atoms with Gasteiger partial charge in [-0.05, 0) is 23.6 Å². The zero-order chi connectivity index (χ0) is 10.1. The smallest absolute Gasteiger partial charge is 0.253 e. The third kappa shape index (κ3) is 1.27. The molecule has 0 aliphatic carbocycles. The number of benzene rings is 1. The van der Waals surface area contributed by atoms with Crippen molar-refractivity contribution in [2.75, 3.05) is 0 Å². The molecule has 0 amide bonds. The number of nitrogens with zero attached hydrogens (tertiary/aromatic N) is 1. The van der Waals surface area contributed by atoms with Crippen LogP contribution in [0.15, 0.2) is 30.5 Å². The highest BCUT2D eigenvalue weighted by atomic mass is 19.1. The molecule has 3 heteroatoms. The number of hydrogen-bond donors (Lipinski definition) is 0. The highest BCUT2D eigenvalue weighted by molar-refractivity contribution is 5.94. The van der Waals surface area contributed by atoms with Gasteiger partial charge < -0.3 is 0 Å². The molecule has 0 saturated heterocycles. The Balaban J connectivity index is 2.88. The average molecular weight is 190 g/mol. The molecule has 1 aromatic carbocycles. The third-order valence-electron chi connectivity index (χ3n) is 2.26. The summed E-state index contributed by atoms with van der Waals surface area (Å²) in [4.78, 5) is 10.8. The number of hydrogen-bond acceptors (Lipinski definition) is 1. The standard InChI is InChI=1S/C11H9FNO/c1-13-5-4-8-6-9(12)2-3-10(8)11(13)7-14/h2-7H,1H3/q+1. The van der Waals surface area contributed by atoms with Crippen molar-refractivity contribution in [2.45, 2.75) is 0 Å². The lowest BCUT2D eigenvalue weighted by atomic mass is 10.1. The Hall–Kier alpha value is -1.77. The van der Waals surface area contributed by atoms with Crippen molar-refractivity contribution < 1.29 is 13.8 Å². The SMILES string of the molecule is C[n+]1ccc2cc(F)ccc2c1C=O. The van der Waals surface area contributed by atoms with Crippen LogP contribution >= 0.6 is 0 Å². The first-order valence-electron chi connectivity index (χ1n) is 4.25. The summed E-state index contributed by atoms with van der Waals surface area (Å²) >= 11 is 0. The van der Waals surface area contributed by atoms with Crippen LogP contribution in [-0.2, 0) is 7.05 Å². The van der Waals surface area contributed by atoms with Gasteiger partial charge in [-0.1, -0.05) is 0 Å². The number of aryl methyl sites for hydroxylation is 1. The second-order valence-electron chi connectivity index (χ2n) is 3.16. The van der Waals surface area contributed by atoms with Crippen molar-refractivity contribution in [1.82, 2.24) is 0 Å². The third-order valence-corrected chi connectivity index (χ3v) is 2.26. The van der Waals surface area contributed by atoms with E-state index < -0.39 is 0 Å². The quantitative estimate of drug-likeness (QED) is 0.494. The van der Waals surface area contributed by atoms with Gasteiger partial charge in [-0.25, -0.2) is 4.39 Å². The van der Waals surface area contributed by atoms with Crippen LogP contribution in [0, 0.1) is 5.82 Å². The maximum Gasteiger partial charge on any atom is 0.253 e. The fourth-order valence-corrected chi connectivity index (χ4v) is 1.51. The van der Waals surface area contributed by atoms with Gasteiger partial charge in [0.15, 0.2) is 6.20 Å². The van der Waals surface area contributed by atoms with Gasteiger partial charge in [-0.3, -0.25) is 4.79 Å². The summed E-state index contributed by atoms with van der Waals surface area (Å²) in [7, 11) is 1.78. The summed E-state index contributed by atoms with van der Waals surface area (Å²) in [5, 5.41) is 1.51. The van der Waals surface area contributed by atoms with Crippen molar-refractivity contribution >= 4 is 17.1 Å². The molecule has 14 heavy (non-hydrogen) atoms. The number of pyridine rings is 1. The predicted molar refractivity (Wildman–Crippen MR) is 50.5 cm³/mol. The number of aromatic nitrogens is 1. The number of halogens is 1. The Morgan fingerprint density at radius 2 is 2.14 bits per heavy atom. The summed E-state index contributed by atoms with van der Waals surface area (Å²) in [5.41, 5.74) is 0.558. The number of rotatable bonds is 1. The minimum absolute atomic E-state index is 0.289. The van der Waals surface area contributed by atoms with Gasteiger partial charge in [-0.15, -0.1) is 0 Å². The largest absolute Gasteiger partial charge is 0.291 e. The molecule has 0 saturated carbocycles. The Labute approximate surface area is 80.6 Å². The predicted octanol–water partition coefficient (Wildman–Crippen LogP) is 1.62. The molecule has 2 nitrogen and oxygen atoms in total. The van der Waals surface area contributed by atoms with Crippen LogP contribution in [0.25, 0.3) is 10.8 Å². The fraction of sp³-hybridized carbons (Fsp3) is 0.0909. The lowest BCUT2D eigenvalue weighted by Gasteiger charge is -1.98. The maximum absolute atomic E-state index is 12.9. The van der Waals surface area contributed by atoms with Gasteiger partial charge >= 0.3 is 0 Å². The minimum atomic E-state index is -0.289. The Morgan fingerprint density at radius 3 is 2.86 bits per heavy atom. The maximum atomic E-state index is 12.9. The van der Waals surface area contributed by atoms with Gasteiger partial charge in [0, 0.05) is 6.07 Å². The molecule has 0 aliphatic rings. The van der Waals surface area contributed by atoms with Gasteiger partial charge in [-0.2, -0.15) is 4.57 Å². The van der Waals surface area contributed by atoms with E-state index in [9.17, 15) is 9.18 Å². The van der Waals surface area contributed by atoms with Crippen molar-refractivity contribution in [2.24, 2.45) is 7.05 Å². The van der Waals surface area contributed by atoms with Crippen LogP contribution in [0.5, 0.6) is 0 Å². The van der Waals surface area contributed by atoms with E-state index in [0.29, 0.717) is 5.69 Å². The van der Waals surface area contributed by atoms with Gasteiger partial charge in [0.25, 0.3) is 5.69 Å². The number of carbonyl (C=O) groups excluding carboxylic acids is 1. The van der Waals surface area contributed by atoms with E-state index in [1.54, 1.807) is 29.9 Å². The molecular formula is C11H9FNO+. The average Bonchev–Trinajstić information content (AvgIpc) is 2.18. The van der Waals surface area contributed by atoms with E-state index in [2.05, 4.69) is 0 Å². The van der Waals surface area contributed by atoms with Crippen molar-refractivity contribution in [1.29, 1.82) is 0 Å². The highest BCUT2D eigenvalue weighted by Gasteiger charge is 2.10. The number of aldehydes is 1. The lowest BCUT2D eigenvalue weighted by Crippen LogP contribution is -2.32. The van der Waals surface area contributed by atoms with E-state index in [0.717, 1.165) is 17.1 Å². The van der Waals surface area contributed by atoms with Crippen LogP contribution in [0.2, 0.25) is 0 Å². The topological polar surface area (TPSA) is 20.9 Å². The normalized spacial score (nSPS) is 10.4. The first-order chi connectivity index (χ1) is 6.72. The summed E-state index contributed by atoms with van der Waals surface area (Å²) in [6.07, 6.45) is 2.52. The first kappa shape index (κ1) is 8.81. The molecular weight excluding hydrogens is 181 g/mol. The monoisotopic (exact) mass is 190 g/mol. The number of fused-ring (bicyclic) bond motifs is 1. The van der Waals surface area contributed by atoms with Crippen LogP contribution in [0.3, 0.4) is 0 Å². The Bertz CT molecular complexity index is 508. The van der Waals surface area contributed by atoms with Crippen molar-refractivity contribution in [3.8, 4) is 0 Å². The summed E-state index contributed by atoms with van der Waals surface area (Å²) in [6.45, 7) is 0. The van der Waals surface area contributed by atoms with E-state index >= 15 is 0 Å². The van der Waals surface area contributed by atoms with Crippen LogP contribution in [-0.4, -0.2) is 6.29 Å². The molecule has 2 rings (SSSR count). The van der Waals surface area contributed by atoms with Gasteiger partial charge in [0.1, 0.15) is 12.9 Å². The summed E-state index contributed by atoms with van der Waals surface area (Å²) < 4.78 is 14.6. The van der Waals surface area contributed by atoms with E-state index in [1.165, 1.54) is 12.1 Å². The van der Waals surface area contributed by atoms with Crippen molar-refractivity contribution in [3.63, 3.8) is 0 Å². The van der Waals surface area contributed by atoms with E-state index in [4.69, 9.17) is 0 Å². The molecule has 0 atom stereocenters.